The molecule has 168 valence electrons. The number of ether oxygens (including phenoxy) is 3. The van der Waals surface area contributed by atoms with Gasteiger partial charge in [0.05, 0.1) is 33.0 Å². The summed E-state index contributed by atoms with van der Waals surface area (Å²) in [6.45, 7) is 9.98. The zero-order chi connectivity index (χ0) is 20.4. The summed E-state index contributed by atoms with van der Waals surface area (Å²) in [7, 11) is 0. The molecule has 0 fully saturated rings. The van der Waals surface area contributed by atoms with Gasteiger partial charge in [-0.05, 0) is 6.42 Å². The molecule has 3 nitrogen and oxygen atoms in total. The van der Waals surface area contributed by atoms with Crippen molar-refractivity contribution in [3.05, 3.63) is 12.7 Å². The fourth-order valence-corrected chi connectivity index (χ4v) is 3.36. The molecule has 0 atom stereocenters. The van der Waals surface area contributed by atoms with Crippen molar-refractivity contribution in [1.82, 2.24) is 0 Å². The Bertz CT molecular complexity index is 281. The van der Waals surface area contributed by atoms with Crippen molar-refractivity contribution >= 4 is 0 Å². The van der Waals surface area contributed by atoms with Crippen molar-refractivity contribution in [2.45, 2.75) is 110 Å². The van der Waals surface area contributed by atoms with Gasteiger partial charge in [0.15, 0.2) is 0 Å². The molecule has 0 heterocycles. The van der Waals surface area contributed by atoms with Crippen molar-refractivity contribution in [2.24, 2.45) is 0 Å². The number of hydrogen-bond donors (Lipinski definition) is 0. The molecule has 0 saturated carbocycles. The minimum Gasteiger partial charge on any atom is -0.379 e. The minimum atomic E-state index is 0.596. The van der Waals surface area contributed by atoms with Gasteiger partial charge in [-0.3, -0.25) is 0 Å². The number of rotatable bonds is 25. The molecule has 0 radical (unpaired) electrons. The van der Waals surface area contributed by atoms with Crippen LogP contribution >= 0.6 is 0 Å². The first-order valence-electron chi connectivity index (χ1n) is 12.3. The second-order valence-corrected chi connectivity index (χ2v) is 7.89. The summed E-state index contributed by atoms with van der Waals surface area (Å²) in [4.78, 5) is 0. The van der Waals surface area contributed by atoms with Crippen LogP contribution in [-0.4, -0.2) is 39.6 Å². The van der Waals surface area contributed by atoms with Crippen LogP contribution in [0, 0.1) is 0 Å². The van der Waals surface area contributed by atoms with Gasteiger partial charge in [0.25, 0.3) is 0 Å². The summed E-state index contributed by atoms with van der Waals surface area (Å²) in [6, 6.07) is 0. The van der Waals surface area contributed by atoms with Gasteiger partial charge in [-0.1, -0.05) is 109 Å². The lowest BCUT2D eigenvalue weighted by Gasteiger charge is -2.06. The third-order valence-corrected chi connectivity index (χ3v) is 5.12. The van der Waals surface area contributed by atoms with E-state index in [-0.39, 0.29) is 0 Å². The van der Waals surface area contributed by atoms with E-state index in [0.29, 0.717) is 33.0 Å². The van der Waals surface area contributed by atoms with Crippen LogP contribution in [0.2, 0.25) is 0 Å². The highest BCUT2D eigenvalue weighted by Gasteiger charge is 1.95. The van der Waals surface area contributed by atoms with Crippen molar-refractivity contribution in [3.8, 4) is 0 Å². The quantitative estimate of drug-likeness (QED) is 0.118. The van der Waals surface area contributed by atoms with Gasteiger partial charge >= 0.3 is 0 Å². The van der Waals surface area contributed by atoms with Crippen LogP contribution in [-0.2, 0) is 14.2 Å². The van der Waals surface area contributed by atoms with Crippen molar-refractivity contribution in [2.75, 3.05) is 39.6 Å². The minimum absolute atomic E-state index is 0.596. The number of hydrogen-bond acceptors (Lipinski definition) is 3. The first-order valence-corrected chi connectivity index (χ1v) is 12.3. The topological polar surface area (TPSA) is 27.7 Å². The van der Waals surface area contributed by atoms with Crippen LogP contribution in [0.3, 0.4) is 0 Å². The Morgan fingerprint density at radius 3 is 1.25 bits per heavy atom. The Balaban J connectivity index is 2.97. The van der Waals surface area contributed by atoms with Gasteiger partial charge in [-0.15, -0.1) is 6.58 Å². The third-order valence-electron chi connectivity index (χ3n) is 5.12. The normalized spacial score (nSPS) is 11.2. The largest absolute Gasteiger partial charge is 0.379 e. The summed E-state index contributed by atoms with van der Waals surface area (Å²) < 4.78 is 16.3. The van der Waals surface area contributed by atoms with E-state index in [0.717, 1.165) is 6.61 Å². The van der Waals surface area contributed by atoms with Crippen molar-refractivity contribution < 1.29 is 14.2 Å². The smallest absolute Gasteiger partial charge is 0.0704 e. The average Bonchev–Trinajstić information content (AvgIpc) is 2.71. The molecule has 3 heteroatoms. The van der Waals surface area contributed by atoms with Gasteiger partial charge in [0, 0.05) is 6.61 Å². The molecule has 0 aliphatic heterocycles. The van der Waals surface area contributed by atoms with E-state index in [9.17, 15) is 0 Å². The first-order chi connectivity index (χ1) is 13.9. The standard InChI is InChI=1S/C25H50O3/c1-3-5-6-7-8-9-10-11-12-13-14-15-16-17-18-19-21-27-23-25-28-24-22-26-20-4-2/h4H,2-3,5-25H2,1H3. The maximum atomic E-state index is 5.60. The lowest BCUT2D eigenvalue weighted by Crippen LogP contribution is -2.09. The maximum absolute atomic E-state index is 5.60. The van der Waals surface area contributed by atoms with E-state index in [4.69, 9.17) is 14.2 Å². The predicted molar refractivity (Wildman–Crippen MR) is 122 cm³/mol. The third kappa shape index (κ3) is 25.6. The molecule has 0 bridgehead atoms. The highest BCUT2D eigenvalue weighted by molar-refractivity contribution is 4.63. The molecule has 0 aromatic rings. The zero-order valence-corrected chi connectivity index (χ0v) is 19.1. The Morgan fingerprint density at radius 1 is 0.464 bits per heavy atom. The lowest BCUT2D eigenvalue weighted by molar-refractivity contribution is 0.0188. The van der Waals surface area contributed by atoms with Gasteiger partial charge in [0.1, 0.15) is 0 Å². The van der Waals surface area contributed by atoms with E-state index < -0.39 is 0 Å². The molecule has 0 aliphatic carbocycles. The summed E-state index contributed by atoms with van der Waals surface area (Å²) in [5.74, 6) is 0. The molecule has 0 aromatic heterocycles. The lowest BCUT2D eigenvalue weighted by atomic mass is 10.0. The summed E-state index contributed by atoms with van der Waals surface area (Å²) in [6.07, 6.45) is 24.2. The molecule has 0 spiro atoms. The SMILES string of the molecule is C=CCOCCOCCOCCCCCCCCCCCCCCCCCC. The van der Waals surface area contributed by atoms with E-state index in [2.05, 4.69) is 13.5 Å². The first kappa shape index (κ1) is 27.6. The van der Waals surface area contributed by atoms with E-state index >= 15 is 0 Å². The fourth-order valence-electron chi connectivity index (χ4n) is 3.36. The van der Waals surface area contributed by atoms with Crippen molar-refractivity contribution in [3.63, 3.8) is 0 Å². The highest BCUT2D eigenvalue weighted by atomic mass is 16.5. The van der Waals surface area contributed by atoms with Crippen LogP contribution in [0.4, 0.5) is 0 Å². The van der Waals surface area contributed by atoms with Crippen LogP contribution in [0.15, 0.2) is 12.7 Å². The molecule has 0 saturated heterocycles. The van der Waals surface area contributed by atoms with E-state index in [1.165, 1.54) is 103 Å². The molecule has 0 aliphatic rings. The summed E-state index contributed by atoms with van der Waals surface area (Å²) in [5.41, 5.74) is 0. The molecule has 28 heavy (non-hydrogen) atoms. The Labute approximate surface area is 176 Å². The van der Waals surface area contributed by atoms with Crippen LogP contribution < -0.4 is 0 Å². The second-order valence-electron chi connectivity index (χ2n) is 7.89. The molecule has 0 aromatic carbocycles. The molecule has 0 rings (SSSR count). The van der Waals surface area contributed by atoms with Crippen LogP contribution in [0.25, 0.3) is 0 Å². The van der Waals surface area contributed by atoms with Gasteiger partial charge in [-0.25, -0.2) is 0 Å². The van der Waals surface area contributed by atoms with Crippen molar-refractivity contribution in [1.29, 1.82) is 0 Å². The highest BCUT2D eigenvalue weighted by Crippen LogP contribution is 2.13. The maximum Gasteiger partial charge on any atom is 0.0704 e. The molecular formula is C25H50O3. The second kappa shape index (κ2) is 26.6. The zero-order valence-electron chi connectivity index (χ0n) is 19.1. The molecule has 0 N–H and O–H groups in total. The van der Waals surface area contributed by atoms with Gasteiger partial charge < -0.3 is 14.2 Å². The molecule has 0 unspecified atom stereocenters. The van der Waals surface area contributed by atoms with Gasteiger partial charge in [-0.2, -0.15) is 0 Å². The molecule has 0 amide bonds. The fraction of sp³-hybridized carbons (Fsp3) is 0.920. The number of unbranched alkanes of at least 4 members (excludes halogenated alkanes) is 15. The summed E-state index contributed by atoms with van der Waals surface area (Å²) in [5, 5.41) is 0. The monoisotopic (exact) mass is 398 g/mol. The van der Waals surface area contributed by atoms with Crippen LogP contribution in [0.1, 0.15) is 110 Å². The van der Waals surface area contributed by atoms with Crippen LogP contribution in [0.5, 0.6) is 0 Å². The average molecular weight is 399 g/mol. The Morgan fingerprint density at radius 2 is 0.821 bits per heavy atom. The Hall–Kier alpha value is -0.380. The Kier molecular flexibility index (Phi) is 26.3. The molecular weight excluding hydrogens is 348 g/mol. The van der Waals surface area contributed by atoms with E-state index in [1.54, 1.807) is 6.08 Å². The predicted octanol–water partition coefficient (Wildman–Crippen LogP) is 7.48. The van der Waals surface area contributed by atoms with Gasteiger partial charge in [0.2, 0.25) is 0 Å². The summed E-state index contributed by atoms with van der Waals surface area (Å²) >= 11 is 0. The van der Waals surface area contributed by atoms with E-state index in [1.807, 2.05) is 0 Å².